The van der Waals surface area contributed by atoms with Gasteiger partial charge in [0.2, 0.25) is 0 Å². The molecular weight excluding hydrogens is 264 g/mol. The molecule has 0 spiro atoms. The number of aliphatic carboxylic acids is 1. The van der Waals surface area contributed by atoms with Crippen molar-refractivity contribution >= 4 is 15.8 Å². The van der Waals surface area contributed by atoms with Gasteiger partial charge in [0, 0.05) is 6.26 Å². The number of aryl methyl sites for hydroxylation is 1. The average molecular weight is 282 g/mol. The minimum absolute atomic E-state index is 0.00445. The van der Waals surface area contributed by atoms with Gasteiger partial charge >= 0.3 is 5.97 Å². The molecule has 0 heterocycles. The quantitative estimate of drug-likeness (QED) is 0.900. The van der Waals surface area contributed by atoms with E-state index >= 15 is 0 Å². The van der Waals surface area contributed by atoms with E-state index in [9.17, 15) is 13.2 Å². The molecule has 104 valence electrons. The first kappa shape index (κ1) is 14.1. The zero-order chi connectivity index (χ0) is 14.2. The number of rotatable bonds is 5. The number of hydrogen-bond donors (Lipinski definition) is 1. The monoisotopic (exact) mass is 282 g/mol. The van der Waals surface area contributed by atoms with Crippen LogP contribution < -0.4 is 0 Å². The van der Waals surface area contributed by atoms with Crippen LogP contribution >= 0.6 is 0 Å². The van der Waals surface area contributed by atoms with Crippen LogP contribution in [0.5, 0.6) is 0 Å². The molecule has 1 N–H and O–H groups in total. The van der Waals surface area contributed by atoms with E-state index in [1.165, 1.54) is 6.26 Å². The Hall–Kier alpha value is -1.36. The van der Waals surface area contributed by atoms with Crippen LogP contribution in [-0.2, 0) is 14.6 Å². The summed E-state index contributed by atoms with van der Waals surface area (Å²) >= 11 is 0. The van der Waals surface area contributed by atoms with E-state index in [1.807, 2.05) is 6.07 Å². The molecule has 0 aromatic heterocycles. The number of carbonyl (C=O) groups is 1. The lowest BCUT2D eigenvalue weighted by Crippen LogP contribution is -2.09. The summed E-state index contributed by atoms with van der Waals surface area (Å²) in [7, 11) is -3.22. The van der Waals surface area contributed by atoms with Crippen LogP contribution in [0.15, 0.2) is 23.1 Å². The third-order valence-corrected chi connectivity index (χ3v) is 4.87. The Morgan fingerprint density at radius 2 is 2.05 bits per heavy atom. The van der Waals surface area contributed by atoms with Gasteiger partial charge in [0.15, 0.2) is 9.84 Å². The van der Waals surface area contributed by atoms with E-state index in [0.29, 0.717) is 16.4 Å². The summed E-state index contributed by atoms with van der Waals surface area (Å²) in [6.45, 7) is 1.75. The molecule has 4 nitrogen and oxygen atoms in total. The fourth-order valence-electron chi connectivity index (χ4n) is 2.56. The molecule has 0 aliphatic heterocycles. The Kier molecular flexibility index (Phi) is 3.67. The molecule has 0 amide bonds. The van der Waals surface area contributed by atoms with Gasteiger partial charge < -0.3 is 5.11 Å². The molecule has 19 heavy (non-hydrogen) atoms. The first-order valence-corrected chi connectivity index (χ1v) is 8.20. The van der Waals surface area contributed by atoms with Gasteiger partial charge in [0.25, 0.3) is 0 Å². The number of carboxylic acid groups (broad SMARTS) is 1. The second-order valence-electron chi connectivity index (χ2n) is 5.34. The minimum Gasteiger partial charge on any atom is -0.481 e. The van der Waals surface area contributed by atoms with Gasteiger partial charge in [-0.3, -0.25) is 4.79 Å². The molecule has 5 heteroatoms. The van der Waals surface area contributed by atoms with Crippen LogP contribution in [0, 0.1) is 12.8 Å². The highest BCUT2D eigenvalue weighted by molar-refractivity contribution is 7.90. The molecule has 1 aromatic rings. The topological polar surface area (TPSA) is 71.4 Å². The van der Waals surface area contributed by atoms with Crippen molar-refractivity contribution in [1.82, 2.24) is 0 Å². The summed E-state index contributed by atoms with van der Waals surface area (Å²) in [5, 5.41) is 8.98. The predicted molar refractivity (Wildman–Crippen MR) is 72.0 cm³/mol. The first-order chi connectivity index (χ1) is 8.79. The van der Waals surface area contributed by atoms with Crippen LogP contribution in [0.4, 0.5) is 0 Å². The highest BCUT2D eigenvalue weighted by Gasteiger charge is 2.34. The SMILES string of the molecule is Cc1cc(C(CC(=O)O)C2CC2)ccc1S(C)(=O)=O. The molecule has 1 unspecified atom stereocenters. The zero-order valence-corrected chi connectivity index (χ0v) is 11.9. The number of carboxylic acids is 1. The van der Waals surface area contributed by atoms with Crippen molar-refractivity contribution in [2.45, 2.75) is 37.0 Å². The van der Waals surface area contributed by atoms with Gasteiger partial charge in [-0.25, -0.2) is 8.42 Å². The molecular formula is C14H18O4S. The first-order valence-electron chi connectivity index (χ1n) is 6.31. The zero-order valence-electron chi connectivity index (χ0n) is 11.1. The molecule has 1 fully saturated rings. The standard InChI is InChI=1S/C14H18O4S/c1-9-7-11(5-6-13(9)19(2,17)18)12(8-14(15)16)10-3-4-10/h5-7,10,12H,3-4,8H2,1-2H3,(H,15,16). The van der Waals surface area contributed by atoms with Crippen molar-refractivity contribution in [3.63, 3.8) is 0 Å². The van der Waals surface area contributed by atoms with E-state index in [2.05, 4.69) is 0 Å². The number of sulfone groups is 1. The maximum atomic E-state index is 11.6. The highest BCUT2D eigenvalue weighted by atomic mass is 32.2. The summed E-state index contributed by atoms with van der Waals surface area (Å²) in [5.74, 6) is -0.369. The maximum Gasteiger partial charge on any atom is 0.303 e. The summed E-state index contributed by atoms with van der Waals surface area (Å²) in [4.78, 5) is 11.3. The summed E-state index contributed by atoms with van der Waals surface area (Å²) in [5.41, 5.74) is 1.63. The van der Waals surface area contributed by atoms with Gasteiger partial charge in [-0.1, -0.05) is 12.1 Å². The molecule has 1 atom stereocenters. The lowest BCUT2D eigenvalue weighted by atomic mass is 9.90. The Bertz CT molecular complexity index is 600. The molecule has 1 aromatic carbocycles. The van der Waals surface area contributed by atoms with E-state index in [0.717, 1.165) is 18.4 Å². The smallest absolute Gasteiger partial charge is 0.303 e. The van der Waals surface area contributed by atoms with Gasteiger partial charge in [0.1, 0.15) is 0 Å². The summed E-state index contributed by atoms with van der Waals surface area (Å²) in [6.07, 6.45) is 3.42. The molecule has 2 rings (SSSR count). The van der Waals surface area contributed by atoms with Crippen molar-refractivity contribution < 1.29 is 18.3 Å². The number of hydrogen-bond acceptors (Lipinski definition) is 3. The maximum absolute atomic E-state index is 11.6. The van der Waals surface area contributed by atoms with Crippen LogP contribution in [0.3, 0.4) is 0 Å². The van der Waals surface area contributed by atoms with Crippen LogP contribution in [0.2, 0.25) is 0 Å². The van der Waals surface area contributed by atoms with Crippen molar-refractivity contribution in [3.8, 4) is 0 Å². The van der Waals surface area contributed by atoms with E-state index in [-0.39, 0.29) is 12.3 Å². The Balaban J connectivity index is 2.34. The van der Waals surface area contributed by atoms with Crippen LogP contribution in [-0.4, -0.2) is 25.7 Å². The summed E-state index contributed by atoms with van der Waals surface area (Å²) in [6, 6.07) is 5.18. The van der Waals surface area contributed by atoms with Gasteiger partial charge in [-0.2, -0.15) is 0 Å². The summed E-state index contributed by atoms with van der Waals surface area (Å²) < 4.78 is 23.1. The van der Waals surface area contributed by atoms with Crippen molar-refractivity contribution in [2.75, 3.05) is 6.26 Å². The number of benzene rings is 1. The Morgan fingerprint density at radius 1 is 1.42 bits per heavy atom. The van der Waals surface area contributed by atoms with Gasteiger partial charge in [-0.05, 0) is 48.8 Å². The lowest BCUT2D eigenvalue weighted by Gasteiger charge is -2.16. The Morgan fingerprint density at radius 3 is 2.47 bits per heavy atom. The molecule has 0 saturated heterocycles. The highest BCUT2D eigenvalue weighted by Crippen LogP contribution is 2.44. The van der Waals surface area contributed by atoms with Crippen LogP contribution in [0.1, 0.15) is 36.3 Å². The predicted octanol–water partition coefficient (Wildman–Crippen LogP) is 2.37. The molecule has 0 radical (unpaired) electrons. The van der Waals surface area contributed by atoms with Crippen molar-refractivity contribution in [2.24, 2.45) is 5.92 Å². The van der Waals surface area contributed by atoms with Crippen molar-refractivity contribution in [3.05, 3.63) is 29.3 Å². The Labute approximate surface area is 113 Å². The molecule has 1 saturated carbocycles. The van der Waals surface area contributed by atoms with Crippen molar-refractivity contribution in [1.29, 1.82) is 0 Å². The third-order valence-electron chi connectivity index (χ3n) is 3.61. The van der Waals surface area contributed by atoms with E-state index < -0.39 is 15.8 Å². The molecule has 1 aliphatic carbocycles. The fourth-order valence-corrected chi connectivity index (χ4v) is 3.52. The fraction of sp³-hybridized carbons (Fsp3) is 0.500. The lowest BCUT2D eigenvalue weighted by molar-refractivity contribution is -0.137. The molecule has 1 aliphatic rings. The minimum atomic E-state index is -3.22. The average Bonchev–Trinajstić information content (AvgIpc) is 3.07. The van der Waals surface area contributed by atoms with Gasteiger partial charge in [-0.15, -0.1) is 0 Å². The van der Waals surface area contributed by atoms with E-state index in [4.69, 9.17) is 5.11 Å². The second-order valence-corrected chi connectivity index (χ2v) is 7.32. The van der Waals surface area contributed by atoms with E-state index in [1.54, 1.807) is 19.1 Å². The normalized spacial score (nSPS) is 17.2. The molecule has 0 bridgehead atoms. The second kappa shape index (κ2) is 4.96. The van der Waals surface area contributed by atoms with Gasteiger partial charge in [0.05, 0.1) is 11.3 Å². The third kappa shape index (κ3) is 3.35. The largest absolute Gasteiger partial charge is 0.481 e. The van der Waals surface area contributed by atoms with Crippen LogP contribution in [0.25, 0.3) is 0 Å².